The summed E-state index contributed by atoms with van der Waals surface area (Å²) in [6, 6.07) is 9.05. The van der Waals surface area contributed by atoms with Gasteiger partial charge in [0.05, 0.1) is 0 Å². The first-order valence-corrected chi connectivity index (χ1v) is 5.88. The highest BCUT2D eigenvalue weighted by Gasteiger charge is 2.23. The lowest BCUT2D eigenvalue weighted by atomic mass is 9.91. The molecular weight excluding hydrogens is 220 g/mol. The van der Waals surface area contributed by atoms with Crippen molar-refractivity contribution in [3.8, 4) is 0 Å². The molecule has 90 valence electrons. The van der Waals surface area contributed by atoms with Crippen molar-refractivity contribution in [1.29, 1.82) is 0 Å². The zero-order valence-electron chi connectivity index (χ0n) is 9.86. The molecule has 0 amide bonds. The van der Waals surface area contributed by atoms with E-state index >= 15 is 0 Å². The Morgan fingerprint density at radius 3 is 2.62 bits per heavy atom. The predicted octanol–water partition coefficient (Wildman–Crippen LogP) is 3.07. The fourth-order valence-electron chi connectivity index (χ4n) is 2.18. The molecule has 0 atom stereocenters. The first-order chi connectivity index (χ1) is 7.29. The number of nitrogen functional groups attached to an aromatic ring is 1. The number of nitrogens with two attached hydrogens (primary N) is 1. The van der Waals surface area contributed by atoms with Gasteiger partial charge < -0.3 is 5.73 Å². The van der Waals surface area contributed by atoms with Crippen molar-refractivity contribution in [3.63, 3.8) is 0 Å². The summed E-state index contributed by atoms with van der Waals surface area (Å²) in [5.74, 6) is 0. The first kappa shape index (κ1) is 13.3. The van der Waals surface area contributed by atoms with Crippen LogP contribution in [0.5, 0.6) is 0 Å². The summed E-state index contributed by atoms with van der Waals surface area (Å²) < 4.78 is 0. The summed E-state index contributed by atoms with van der Waals surface area (Å²) in [6.07, 6.45) is 4.14. The van der Waals surface area contributed by atoms with Gasteiger partial charge in [-0.15, -0.1) is 12.4 Å². The van der Waals surface area contributed by atoms with Gasteiger partial charge in [0.15, 0.2) is 0 Å². The Kier molecular flexibility index (Phi) is 5.10. The van der Waals surface area contributed by atoms with Crippen molar-refractivity contribution in [2.75, 3.05) is 12.3 Å². The molecule has 2 N–H and O–H groups in total. The quantitative estimate of drug-likeness (QED) is 0.820. The van der Waals surface area contributed by atoms with Gasteiger partial charge in [0.2, 0.25) is 0 Å². The summed E-state index contributed by atoms with van der Waals surface area (Å²) in [7, 11) is 0. The van der Waals surface area contributed by atoms with Crippen molar-refractivity contribution in [3.05, 3.63) is 29.8 Å². The van der Waals surface area contributed by atoms with E-state index in [1.807, 2.05) is 12.1 Å². The third kappa shape index (κ3) is 3.13. The number of hydrogen-bond donors (Lipinski definition) is 1. The Labute approximate surface area is 104 Å². The van der Waals surface area contributed by atoms with E-state index in [2.05, 4.69) is 24.0 Å². The van der Waals surface area contributed by atoms with Gasteiger partial charge in [0, 0.05) is 18.3 Å². The summed E-state index contributed by atoms with van der Waals surface area (Å²) in [6.45, 7) is 4.43. The number of halogens is 1. The maximum Gasteiger partial charge on any atom is 0.0317 e. The number of hydrogen-bond acceptors (Lipinski definition) is 2. The number of benzene rings is 1. The molecule has 1 saturated carbocycles. The van der Waals surface area contributed by atoms with Crippen LogP contribution in [0.3, 0.4) is 0 Å². The lowest BCUT2D eigenvalue weighted by Crippen LogP contribution is -2.39. The van der Waals surface area contributed by atoms with Crippen molar-refractivity contribution in [1.82, 2.24) is 4.90 Å². The fourth-order valence-corrected chi connectivity index (χ4v) is 2.18. The van der Waals surface area contributed by atoms with E-state index in [0.29, 0.717) is 0 Å². The summed E-state index contributed by atoms with van der Waals surface area (Å²) in [5, 5.41) is 0. The zero-order valence-corrected chi connectivity index (χ0v) is 10.7. The van der Waals surface area contributed by atoms with E-state index in [-0.39, 0.29) is 12.4 Å². The Hall–Kier alpha value is -0.730. The van der Waals surface area contributed by atoms with E-state index in [9.17, 15) is 0 Å². The molecule has 16 heavy (non-hydrogen) atoms. The van der Waals surface area contributed by atoms with E-state index in [1.165, 1.54) is 24.8 Å². The van der Waals surface area contributed by atoms with Crippen molar-refractivity contribution in [2.45, 2.75) is 38.8 Å². The van der Waals surface area contributed by atoms with Crippen LogP contribution in [0.25, 0.3) is 0 Å². The Balaban J connectivity index is 0.00000128. The largest absolute Gasteiger partial charge is 0.399 e. The highest BCUT2D eigenvalue weighted by molar-refractivity contribution is 5.85. The summed E-state index contributed by atoms with van der Waals surface area (Å²) in [4.78, 5) is 2.55. The van der Waals surface area contributed by atoms with Gasteiger partial charge in [-0.3, -0.25) is 4.90 Å². The number of rotatable bonds is 4. The van der Waals surface area contributed by atoms with Gasteiger partial charge in [-0.1, -0.05) is 25.5 Å². The topological polar surface area (TPSA) is 29.3 Å². The minimum absolute atomic E-state index is 0. The Morgan fingerprint density at radius 1 is 1.38 bits per heavy atom. The molecule has 2 rings (SSSR count). The van der Waals surface area contributed by atoms with Crippen molar-refractivity contribution in [2.24, 2.45) is 0 Å². The normalized spacial score (nSPS) is 15.6. The van der Waals surface area contributed by atoms with Crippen molar-refractivity contribution < 1.29 is 0 Å². The van der Waals surface area contributed by atoms with Crippen LogP contribution < -0.4 is 5.73 Å². The molecule has 0 saturated heterocycles. The van der Waals surface area contributed by atoms with E-state index < -0.39 is 0 Å². The minimum Gasteiger partial charge on any atom is -0.399 e. The molecule has 0 spiro atoms. The summed E-state index contributed by atoms with van der Waals surface area (Å²) in [5.41, 5.74) is 7.99. The van der Waals surface area contributed by atoms with Gasteiger partial charge in [-0.25, -0.2) is 0 Å². The van der Waals surface area contributed by atoms with Gasteiger partial charge >= 0.3 is 0 Å². The third-order valence-corrected chi connectivity index (χ3v) is 3.33. The SMILES string of the molecule is CCN(Cc1cccc(N)c1)C1CCC1.Cl. The second-order valence-electron chi connectivity index (χ2n) is 4.39. The smallest absolute Gasteiger partial charge is 0.0317 e. The Morgan fingerprint density at radius 2 is 2.12 bits per heavy atom. The van der Waals surface area contributed by atoms with Crippen LogP contribution >= 0.6 is 12.4 Å². The molecule has 3 heteroatoms. The lowest BCUT2D eigenvalue weighted by molar-refractivity contribution is 0.126. The van der Waals surface area contributed by atoms with Crippen LogP contribution in [0.15, 0.2) is 24.3 Å². The second-order valence-corrected chi connectivity index (χ2v) is 4.39. The average Bonchev–Trinajstić information content (AvgIpc) is 2.14. The average molecular weight is 241 g/mol. The van der Waals surface area contributed by atoms with Crippen LogP contribution in [0.2, 0.25) is 0 Å². The van der Waals surface area contributed by atoms with Crippen LogP contribution in [0.4, 0.5) is 5.69 Å². The fraction of sp³-hybridized carbons (Fsp3) is 0.538. The molecule has 0 heterocycles. The predicted molar refractivity (Wildman–Crippen MR) is 71.8 cm³/mol. The first-order valence-electron chi connectivity index (χ1n) is 5.88. The van der Waals surface area contributed by atoms with Gasteiger partial charge in [0.1, 0.15) is 0 Å². The highest BCUT2D eigenvalue weighted by atomic mass is 35.5. The third-order valence-electron chi connectivity index (χ3n) is 3.33. The van der Waals surface area contributed by atoms with Gasteiger partial charge in [0.25, 0.3) is 0 Å². The van der Waals surface area contributed by atoms with Gasteiger partial charge in [-0.05, 0) is 37.1 Å². The molecule has 0 unspecified atom stereocenters. The zero-order chi connectivity index (χ0) is 10.7. The maximum absolute atomic E-state index is 5.78. The number of anilines is 1. The van der Waals surface area contributed by atoms with Crippen LogP contribution in [0, 0.1) is 0 Å². The molecule has 0 radical (unpaired) electrons. The minimum atomic E-state index is 0. The molecule has 0 bridgehead atoms. The van der Waals surface area contributed by atoms with Crippen LogP contribution in [-0.4, -0.2) is 17.5 Å². The number of nitrogens with zero attached hydrogens (tertiary/aromatic N) is 1. The molecular formula is C13H21ClN2. The molecule has 0 aliphatic heterocycles. The van der Waals surface area contributed by atoms with Crippen LogP contribution in [-0.2, 0) is 6.54 Å². The van der Waals surface area contributed by atoms with Crippen LogP contribution in [0.1, 0.15) is 31.7 Å². The summed E-state index contributed by atoms with van der Waals surface area (Å²) >= 11 is 0. The maximum atomic E-state index is 5.78. The highest BCUT2D eigenvalue weighted by Crippen LogP contribution is 2.26. The lowest BCUT2D eigenvalue weighted by Gasteiger charge is -2.37. The molecule has 1 aliphatic rings. The van der Waals surface area contributed by atoms with E-state index in [1.54, 1.807) is 0 Å². The van der Waals surface area contributed by atoms with E-state index in [4.69, 9.17) is 5.73 Å². The molecule has 1 aromatic carbocycles. The standard InChI is InChI=1S/C13H20N2.ClH/c1-2-15(13-7-4-8-13)10-11-5-3-6-12(14)9-11;/h3,5-6,9,13H,2,4,7-8,10,14H2,1H3;1H. The van der Waals surface area contributed by atoms with Gasteiger partial charge in [-0.2, -0.15) is 0 Å². The molecule has 1 aliphatic carbocycles. The van der Waals surface area contributed by atoms with E-state index in [0.717, 1.165) is 24.8 Å². The monoisotopic (exact) mass is 240 g/mol. The molecule has 0 aromatic heterocycles. The second kappa shape index (κ2) is 6.12. The molecule has 1 fully saturated rings. The molecule has 2 nitrogen and oxygen atoms in total. The molecule has 1 aromatic rings. The Bertz CT molecular complexity index is 323. The van der Waals surface area contributed by atoms with Crippen molar-refractivity contribution >= 4 is 18.1 Å².